The molecule has 2 nitrogen and oxygen atoms in total. The quantitative estimate of drug-likeness (QED) is 0.163. The van der Waals surface area contributed by atoms with Crippen LogP contribution in [0.4, 0.5) is 0 Å². The SMILES string of the molecule is CCCCC(CC)COC1=CCC(Br)(I)C=C1OCC(CC)CCCC. The summed E-state index contributed by atoms with van der Waals surface area (Å²) in [6.45, 7) is 10.6. The molecule has 0 saturated heterocycles. The van der Waals surface area contributed by atoms with E-state index in [-0.39, 0.29) is 2.33 Å². The van der Waals surface area contributed by atoms with Crippen molar-refractivity contribution in [2.75, 3.05) is 13.2 Å². The lowest BCUT2D eigenvalue weighted by Gasteiger charge is -2.27. The van der Waals surface area contributed by atoms with Gasteiger partial charge < -0.3 is 9.47 Å². The predicted octanol–water partition coefficient (Wildman–Crippen LogP) is 8.15. The Balaban J connectivity index is 2.64. The zero-order valence-corrected chi connectivity index (χ0v) is 20.9. The molecule has 152 valence electrons. The Hall–Kier alpha value is 0.290. The third-order valence-electron chi connectivity index (χ3n) is 5.18. The molecule has 0 radical (unpaired) electrons. The fourth-order valence-electron chi connectivity index (χ4n) is 3.11. The fourth-order valence-corrected chi connectivity index (χ4v) is 3.98. The summed E-state index contributed by atoms with van der Waals surface area (Å²) in [5.74, 6) is 3.13. The van der Waals surface area contributed by atoms with Crippen LogP contribution in [0.5, 0.6) is 0 Å². The lowest BCUT2D eigenvalue weighted by atomic mass is 10.00. The molecule has 0 saturated carbocycles. The van der Waals surface area contributed by atoms with Crippen molar-refractivity contribution in [3.8, 4) is 0 Å². The first kappa shape index (κ1) is 24.3. The number of ether oxygens (including phenoxy) is 2. The Morgan fingerprint density at radius 2 is 1.46 bits per heavy atom. The predicted molar refractivity (Wildman–Crippen MR) is 125 cm³/mol. The highest BCUT2D eigenvalue weighted by atomic mass is 127. The summed E-state index contributed by atoms with van der Waals surface area (Å²) in [6.07, 6.45) is 15.2. The van der Waals surface area contributed by atoms with Crippen LogP contribution in [0.2, 0.25) is 0 Å². The van der Waals surface area contributed by atoms with Gasteiger partial charge in [0.15, 0.2) is 11.5 Å². The number of alkyl halides is 2. The number of allylic oxidation sites excluding steroid dienone is 2. The lowest BCUT2D eigenvalue weighted by Crippen LogP contribution is -2.19. The van der Waals surface area contributed by atoms with E-state index in [4.69, 9.17) is 9.47 Å². The van der Waals surface area contributed by atoms with Crippen molar-refractivity contribution >= 4 is 38.5 Å². The highest BCUT2D eigenvalue weighted by Gasteiger charge is 2.28. The fraction of sp³-hybridized carbons (Fsp3) is 0.818. The average molecular weight is 541 g/mol. The molecule has 0 spiro atoms. The molecule has 0 aromatic heterocycles. The van der Waals surface area contributed by atoms with Crippen LogP contribution >= 0.6 is 38.5 Å². The first-order chi connectivity index (χ1) is 12.5. The van der Waals surface area contributed by atoms with E-state index >= 15 is 0 Å². The van der Waals surface area contributed by atoms with Gasteiger partial charge in [0.05, 0.1) is 13.2 Å². The van der Waals surface area contributed by atoms with Crippen molar-refractivity contribution in [1.82, 2.24) is 0 Å². The third kappa shape index (κ3) is 9.48. The van der Waals surface area contributed by atoms with Gasteiger partial charge in [0.2, 0.25) is 0 Å². The Labute approximate surface area is 183 Å². The summed E-state index contributed by atoms with van der Waals surface area (Å²) in [5, 5.41) is 0. The monoisotopic (exact) mass is 540 g/mol. The van der Waals surface area contributed by atoms with Crippen LogP contribution in [0.15, 0.2) is 23.7 Å². The van der Waals surface area contributed by atoms with Crippen LogP contribution in [-0.2, 0) is 9.47 Å². The molecule has 0 amide bonds. The van der Waals surface area contributed by atoms with E-state index in [0.29, 0.717) is 11.8 Å². The molecule has 0 aliphatic heterocycles. The van der Waals surface area contributed by atoms with Gasteiger partial charge >= 0.3 is 0 Å². The molecule has 3 atom stereocenters. The summed E-state index contributed by atoms with van der Waals surface area (Å²) < 4.78 is 12.4. The normalized spacial score (nSPS) is 22.4. The van der Waals surface area contributed by atoms with Crippen LogP contribution < -0.4 is 0 Å². The summed E-state index contributed by atoms with van der Waals surface area (Å²) in [6, 6.07) is 0. The van der Waals surface area contributed by atoms with E-state index in [9.17, 15) is 0 Å². The Bertz CT molecular complexity index is 445. The number of hydrogen-bond acceptors (Lipinski definition) is 2. The minimum Gasteiger partial charge on any atom is -0.490 e. The highest BCUT2D eigenvalue weighted by molar-refractivity contribution is 14.1. The molecule has 0 N–H and O–H groups in total. The number of hydrogen-bond donors (Lipinski definition) is 0. The van der Waals surface area contributed by atoms with Gasteiger partial charge in [0, 0.05) is 0 Å². The molecular formula is C22H38BrIO2. The lowest BCUT2D eigenvalue weighted by molar-refractivity contribution is 0.104. The molecule has 4 heteroatoms. The van der Waals surface area contributed by atoms with Gasteiger partial charge in [-0.2, -0.15) is 0 Å². The first-order valence-electron chi connectivity index (χ1n) is 10.5. The van der Waals surface area contributed by atoms with Crippen molar-refractivity contribution in [3.63, 3.8) is 0 Å². The minimum absolute atomic E-state index is 0.0650. The first-order valence-corrected chi connectivity index (χ1v) is 12.4. The highest BCUT2D eigenvalue weighted by Crippen LogP contribution is 2.40. The van der Waals surface area contributed by atoms with Crippen molar-refractivity contribution < 1.29 is 9.47 Å². The zero-order valence-electron chi connectivity index (χ0n) is 17.2. The van der Waals surface area contributed by atoms with E-state index in [1.807, 2.05) is 0 Å². The standard InChI is InChI=1S/C22H38BrIO2/c1-5-9-11-18(7-3)16-25-20-13-14-22(23,24)15-21(20)26-17-19(8-4)12-10-6-2/h13,15,18-19H,5-12,14,16-17H2,1-4H3. The topological polar surface area (TPSA) is 18.5 Å². The van der Waals surface area contributed by atoms with E-state index in [1.165, 1.54) is 51.4 Å². The second-order valence-electron chi connectivity index (χ2n) is 7.50. The Kier molecular flexibility index (Phi) is 12.6. The van der Waals surface area contributed by atoms with E-state index in [0.717, 1.165) is 31.2 Å². The molecule has 1 aliphatic rings. The number of unbranched alkanes of at least 4 members (excludes halogenated alkanes) is 2. The number of rotatable bonds is 14. The molecule has 1 aliphatic carbocycles. The van der Waals surface area contributed by atoms with Gasteiger partial charge in [-0.05, 0) is 43.3 Å². The van der Waals surface area contributed by atoms with Crippen molar-refractivity contribution in [1.29, 1.82) is 0 Å². The van der Waals surface area contributed by atoms with Crippen molar-refractivity contribution in [2.45, 2.75) is 87.8 Å². The van der Waals surface area contributed by atoms with Crippen LogP contribution in [0.1, 0.15) is 85.5 Å². The smallest absolute Gasteiger partial charge is 0.159 e. The van der Waals surface area contributed by atoms with Crippen LogP contribution in [-0.4, -0.2) is 15.5 Å². The molecule has 1 rings (SSSR count). The Morgan fingerprint density at radius 1 is 0.962 bits per heavy atom. The summed E-state index contributed by atoms with van der Waals surface area (Å²) in [7, 11) is 0. The molecule has 0 aromatic rings. The molecule has 0 bridgehead atoms. The summed E-state index contributed by atoms with van der Waals surface area (Å²) in [5.41, 5.74) is 0. The van der Waals surface area contributed by atoms with Crippen LogP contribution in [0, 0.1) is 11.8 Å². The molecular weight excluding hydrogens is 503 g/mol. The third-order valence-corrected chi connectivity index (χ3v) is 6.48. The van der Waals surface area contributed by atoms with Gasteiger partial charge in [-0.1, -0.05) is 105 Å². The van der Waals surface area contributed by atoms with Crippen LogP contribution in [0.3, 0.4) is 0 Å². The van der Waals surface area contributed by atoms with Gasteiger partial charge in [-0.15, -0.1) is 0 Å². The molecule has 26 heavy (non-hydrogen) atoms. The van der Waals surface area contributed by atoms with Gasteiger partial charge in [-0.3, -0.25) is 0 Å². The van der Waals surface area contributed by atoms with Crippen molar-refractivity contribution in [3.05, 3.63) is 23.7 Å². The maximum atomic E-state index is 6.26. The van der Waals surface area contributed by atoms with Crippen LogP contribution in [0.25, 0.3) is 0 Å². The second-order valence-corrected chi connectivity index (χ2v) is 12.3. The van der Waals surface area contributed by atoms with Crippen molar-refractivity contribution in [2.24, 2.45) is 11.8 Å². The summed E-state index contributed by atoms with van der Waals surface area (Å²) in [4.78, 5) is 0. The molecule has 0 heterocycles. The second kappa shape index (κ2) is 13.5. The Morgan fingerprint density at radius 3 is 1.92 bits per heavy atom. The summed E-state index contributed by atoms with van der Waals surface area (Å²) >= 11 is 6.22. The average Bonchev–Trinajstić information content (AvgIpc) is 2.62. The molecule has 3 unspecified atom stereocenters. The maximum absolute atomic E-state index is 6.26. The maximum Gasteiger partial charge on any atom is 0.159 e. The molecule has 0 aromatic carbocycles. The van der Waals surface area contributed by atoms with Gasteiger partial charge in [0.25, 0.3) is 0 Å². The van der Waals surface area contributed by atoms with E-state index in [1.54, 1.807) is 0 Å². The zero-order chi connectivity index (χ0) is 19.4. The largest absolute Gasteiger partial charge is 0.490 e. The number of halogens is 2. The molecule has 0 fully saturated rings. The van der Waals surface area contributed by atoms with Gasteiger partial charge in [-0.25, -0.2) is 0 Å². The van der Waals surface area contributed by atoms with Gasteiger partial charge in [0.1, 0.15) is 2.33 Å². The minimum atomic E-state index is -0.0650. The van der Waals surface area contributed by atoms with E-state index in [2.05, 4.69) is 78.4 Å². The van der Waals surface area contributed by atoms with E-state index < -0.39 is 0 Å².